The van der Waals surface area contributed by atoms with Gasteiger partial charge in [-0.1, -0.05) is 51.4 Å². The Bertz CT molecular complexity index is 968. The summed E-state index contributed by atoms with van der Waals surface area (Å²) in [5.41, 5.74) is 1.67. The molecule has 2 rings (SSSR count). The Hall–Kier alpha value is -2.25. The van der Waals surface area contributed by atoms with Crippen LogP contribution in [0.4, 0.5) is 5.69 Å². The summed E-state index contributed by atoms with van der Waals surface area (Å²) in [6.45, 7) is 8.74. The highest BCUT2D eigenvalue weighted by atomic mass is 35.5. The first-order valence-electron chi connectivity index (χ1n) is 10.2. The minimum absolute atomic E-state index is 0.0667. The van der Waals surface area contributed by atoms with Gasteiger partial charge in [-0.05, 0) is 53.8 Å². The van der Waals surface area contributed by atoms with Crippen LogP contribution in [0.5, 0.6) is 5.75 Å². The van der Waals surface area contributed by atoms with Crippen molar-refractivity contribution in [3.8, 4) is 5.75 Å². The summed E-state index contributed by atoms with van der Waals surface area (Å²) in [5.74, 6) is 0.336. The molecule has 1 atom stereocenters. The number of benzene rings is 2. The van der Waals surface area contributed by atoms with E-state index in [2.05, 4.69) is 26.1 Å². The molecule has 0 aromatic heterocycles. The van der Waals surface area contributed by atoms with E-state index in [1.807, 2.05) is 24.3 Å². The van der Waals surface area contributed by atoms with E-state index in [1.165, 1.54) is 5.56 Å². The van der Waals surface area contributed by atoms with Crippen molar-refractivity contribution in [2.45, 2.75) is 45.6 Å². The van der Waals surface area contributed by atoms with Crippen LogP contribution in [0.2, 0.25) is 5.02 Å². The molecule has 170 valence electrons. The summed E-state index contributed by atoms with van der Waals surface area (Å²) in [7, 11) is -3.68. The summed E-state index contributed by atoms with van der Waals surface area (Å²) in [6.07, 6.45) is 1.40. The van der Waals surface area contributed by atoms with Gasteiger partial charge in [-0.25, -0.2) is 8.42 Å². The molecule has 31 heavy (non-hydrogen) atoms. The maximum Gasteiger partial charge on any atom is 0.244 e. The van der Waals surface area contributed by atoms with Gasteiger partial charge in [-0.3, -0.25) is 9.10 Å². The first kappa shape index (κ1) is 25.0. The van der Waals surface area contributed by atoms with Crippen molar-refractivity contribution < 1.29 is 17.9 Å². The van der Waals surface area contributed by atoms with Gasteiger partial charge in [0.05, 0.1) is 18.5 Å². The zero-order chi connectivity index (χ0) is 23.2. The van der Waals surface area contributed by atoms with Crippen molar-refractivity contribution in [3.63, 3.8) is 0 Å². The summed E-state index contributed by atoms with van der Waals surface area (Å²) >= 11 is 5.91. The van der Waals surface area contributed by atoms with E-state index in [1.54, 1.807) is 31.2 Å². The van der Waals surface area contributed by atoms with Gasteiger partial charge in [0.15, 0.2) is 0 Å². The van der Waals surface area contributed by atoms with Gasteiger partial charge < -0.3 is 10.1 Å². The SMILES string of the molecule is CC[C@H](C(=O)NCCOc1ccc(C(C)(C)C)cc1)N(c1ccc(Cl)cc1)S(C)(=O)=O. The number of nitrogens with zero attached hydrogens (tertiary/aromatic N) is 1. The van der Waals surface area contributed by atoms with Gasteiger partial charge in [0.25, 0.3) is 0 Å². The molecule has 0 spiro atoms. The standard InChI is InChI=1S/C23H31ClN2O4S/c1-6-21(26(31(5,28)29)19-11-9-18(24)10-12-19)22(27)25-15-16-30-20-13-7-17(8-14-20)23(2,3)4/h7-14,21H,6,15-16H2,1-5H3,(H,25,27)/t21-/m1/s1. The Balaban J connectivity index is 1.99. The van der Waals surface area contributed by atoms with Crippen LogP contribution in [-0.2, 0) is 20.2 Å². The van der Waals surface area contributed by atoms with Crippen molar-refractivity contribution in [3.05, 3.63) is 59.1 Å². The summed E-state index contributed by atoms with van der Waals surface area (Å²) in [4.78, 5) is 12.8. The molecule has 0 fully saturated rings. The zero-order valence-corrected chi connectivity index (χ0v) is 20.3. The van der Waals surface area contributed by atoms with Crippen LogP contribution < -0.4 is 14.4 Å². The number of carbonyl (C=O) groups is 1. The monoisotopic (exact) mass is 466 g/mol. The smallest absolute Gasteiger partial charge is 0.244 e. The molecule has 0 aliphatic rings. The lowest BCUT2D eigenvalue weighted by molar-refractivity contribution is -0.122. The second-order valence-electron chi connectivity index (χ2n) is 8.37. The molecule has 0 unspecified atom stereocenters. The van der Waals surface area contributed by atoms with Gasteiger partial charge in [-0.15, -0.1) is 0 Å². The zero-order valence-electron chi connectivity index (χ0n) is 18.7. The van der Waals surface area contributed by atoms with E-state index in [4.69, 9.17) is 16.3 Å². The fraction of sp³-hybridized carbons (Fsp3) is 0.435. The van der Waals surface area contributed by atoms with Crippen molar-refractivity contribution >= 4 is 33.2 Å². The maximum atomic E-state index is 12.8. The van der Waals surface area contributed by atoms with Gasteiger partial charge in [0.1, 0.15) is 18.4 Å². The highest BCUT2D eigenvalue weighted by Gasteiger charge is 2.31. The largest absolute Gasteiger partial charge is 0.492 e. The van der Waals surface area contributed by atoms with E-state index in [-0.39, 0.29) is 24.5 Å². The van der Waals surface area contributed by atoms with Crippen LogP contribution >= 0.6 is 11.6 Å². The Morgan fingerprint density at radius 3 is 2.16 bits per heavy atom. The Morgan fingerprint density at radius 1 is 1.10 bits per heavy atom. The molecular formula is C23H31ClN2O4S. The highest BCUT2D eigenvalue weighted by Crippen LogP contribution is 2.25. The molecule has 1 amide bonds. The molecule has 0 saturated heterocycles. The highest BCUT2D eigenvalue weighted by molar-refractivity contribution is 7.92. The molecule has 1 N–H and O–H groups in total. The third-order valence-corrected chi connectivity index (χ3v) is 6.23. The fourth-order valence-corrected chi connectivity index (χ4v) is 4.50. The van der Waals surface area contributed by atoms with Crippen molar-refractivity contribution in [2.75, 3.05) is 23.7 Å². The van der Waals surface area contributed by atoms with Crippen LogP contribution in [0.25, 0.3) is 0 Å². The van der Waals surface area contributed by atoms with Crippen LogP contribution in [0.3, 0.4) is 0 Å². The minimum Gasteiger partial charge on any atom is -0.492 e. The molecule has 2 aromatic carbocycles. The Kier molecular flexibility index (Phi) is 8.37. The summed E-state index contributed by atoms with van der Waals surface area (Å²) in [6, 6.07) is 13.4. The van der Waals surface area contributed by atoms with Crippen molar-refractivity contribution in [1.29, 1.82) is 0 Å². The van der Waals surface area contributed by atoms with Gasteiger partial charge in [0, 0.05) is 5.02 Å². The third-order valence-electron chi connectivity index (χ3n) is 4.80. The number of anilines is 1. The second-order valence-corrected chi connectivity index (χ2v) is 10.7. The molecule has 0 radical (unpaired) electrons. The molecule has 0 aliphatic heterocycles. The minimum atomic E-state index is -3.68. The Labute approximate surface area is 190 Å². The molecule has 0 aliphatic carbocycles. The topological polar surface area (TPSA) is 75.7 Å². The number of sulfonamides is 1. The summed E-state index contributed by atoms with van der Waals surface area (Å²) < 4.78 is 31.7. The van der Waals surface area contributed by atoms with Crippen molar-refractivity contribution in [2.24, 2.45) is 0 Å². The quantitative estimate of drug-likeness (QED) is 0.556. The third kappa shape index (κ3) is 7.14. The van der Waals surface area contributed by atoms with E-state index in [0.29, 0.717) is 22.9 Å². The second kappa shape index (κ2) is 10.4. The fourth-order valence-electron chi connectivity index (χ4n) is 3.16. The van der Waals surface area contributed by atoms with Gasteiger partial charge >= 0.3 is 0 Å². The predicted molar refractivity (Wildman–Crippen MR) is 127 cm³/mol. The Morgan fingerprint density at radius 2 is 1.68 bits per heavy atom. The number of amides is 1. The van der Waals surface area contributed by atoms with Crippen LogP contribution in [0.15, 0.2) is 48.5 Å². The average molecular weight is 467 g/mol. The van der Waals surface area contributed by atoms with Crippen LogP contribution in [0, 0.1) is 0 Å². The van der Waals surface area contributed by atoms with Gasteiger partial charge in [-0.2, -0.15) is 0 Å². The number of rotatable bonds is 9. The number of hydrogen-bond donors (Lipinski definition) is 1. The number of ether oxygens (including phenoxy) is 1. The van der Waals surface area contributed by atoms with Gasteiger partial charge in [0.2, 0.25) is 15.9 Å². The number of hydrogen-bond acceptors (Lipinski definition) is 4. The molecule has 2 aromatic rings. The number of halogens is 1. The van der Waals surface area contributed by atoms with E-state index >= 15 is 0 Å². The number of nitrogens with one attached hydrogen (secondary N) is 1. The maximum absolute atomic E-state index is 12.8. The first-order chi connectivity index (χ1) is 14.4. The lowest BCUT2D eigenvalue weighted by Gasteiger charge is -2.30. The molecule has 0 bridgehead atoms. The molecular weight excluding hydrogens is 436 g/mol. The molecule has 8 heteroatoms. The lowest BCUT2D eigenvalue weighted by Crippen LogP contribution is -2.50. The summed E-state index contributed by atoms with van der Waals surface area (Å²) in [5, 5.41) is 3.27. The predicted octanol–water partition coefficient (Wildman–Crippen LogP) is 4.38. The average Bonchev–Trinajstić information content (AvgIpc) is 2.69. The van der Waals surface area contributed by atoms with Crippen LogP contribution in [-0.4, -0.2) is 39.8 Å². The van der Waals surface area contributed by atoms with E-state index in [9.17, 15) is 13.2 Å². The lowest BCUT2D eigenvalue weighted by atomic mass is 9.87. The normalized spacial score (nSPS) is 12.8. The number of carbonyl (C=O) groups excluding carboxylic acids is 1. The first-order valence-corrected chi connectivity index (χ1v) is 12.4. The van der Waals surface area contributed by atoms with Crippen LogP contribution in [0.1, 0.15) is 39.7 Å². The molecule has 0 saturated carbocycles. The molecule has 0 heterocycles. The van der Waals surface area contributed by atoms with E-state index in [0.717, 1.165) is 10.6 Å². The molecule has 6 nitrogen and oxygen atoms in total. The van der Waals surface area contributed by atoms with Crippen molar-refractivity contribution in [1.82, 2.24) is 5.32 Å². The van der Waals surface area contributed by atoms with E-state index < -0.39 is 16.1 Å².